The molecule has 1 aliphatic heterocycles. The van der Waals surface area contributed by atoms with Crippen LogP contribution in [0.1, 0.15) is 36.5 Å². The third kappa shape index (κ3) is 3.96. The smallest absolute Gasteiger partial charge is 0.288 e. The number of piperidine rings is 1. The molecule has 1 N–H and O–H groups in total. The van der Waals surface area contributed by atoms with Crippen LogP contribution >= 0.6 is 11.6 Å². The molecule has 1 atom stereocenters. The molecule has 0 saturated carbocycles. The van der Waals surface area contributed by atoms with Crippen molar-refractivity contribution in [1.29, 1.82) is 0 Å². The summed E-state index contributed by atoms with van der Waals surface area (Å²) < 4.78 is 0. The maximum atomic E-state index is 12.4. The third-order valence-corrected chi connectivity index (χ3v) is 4.98. The van der Waals surface area contributed by atoms with Crippen molar-refractivity contribution in [2.24, 2.45) is 0 Å². The minimum Gasteiger partial charge on any atom is -0.369 e. The zero-order chi connectivity index (χ0) is 18.7. The Morgan fingerprint density at radius 3 is 2.62 bits per heavy atom. The Labute approximate surface area is 156 Å². The Hall–Kier alpha value is -2.60. The van der Waals surface area contributed by atoms with Crippen LogP contribution in [-0.2, 0) is 0 Å². The maximum absolute atomic E-state index is 12.4. The molecule has 0 unspecified atom stereocenters. The molecule has 1 saturated heterocycles. The predicted molar refractivity (Wildman–Crippen MR) is 103 cm³/mol. The van der Waals surface area contributed by atoms with Crippen molar-refractivity contribution in [3.8, 4) is 0 Å². The number of halogens is 1. The van der Waals surface area contributed by atoms with E-state index < -0.39 is 10.8 Å². The number of nitrogens with one attached hydrogen (secondary N) is 1. The predicted octanol–water partition coefficient (Wildman–Crippen LogP) is 4.88. The fourth-order valence-corrected chi connectivity index (χ4v) is 3.40. The molecule has 2 aromatic carbocycles. The van der Waals surface area contributed by atoms with Crippen LogP contribution < -0.4 is 10.2 Å². The zero-order valence-corrected chi connectivity index (χ0v) is 15.2. The minimum absolute atomic E-state index is 0.00607. The van der Waals surface area contributed by atoms with Crippen LogP contribution in [0.4, 0.5) is 17.1 Å². The largest absolute Gasteiger partial charge is 0.369 e. The molecule has 1 amide bonds. The number of rotatable bonds is 4. The summed E-state index contributed by atoms with van der Waals surface area (Å²) >= 11 is 5.78. The molecule has 0 aromatic heterocycles. The van der Waals surface area contributed by atoms with E-state index in [4.69, 9.17) is 11.6 Å². The standard InChI is InChI=1S/C19H20ClN3O3/c1-13-4-2-3-11-22(13)16-8-6-15(7-9-16)21-19(24)14-5-10-17(20)18(12-14)23(25)26/h5-10,12-13H,2-4,11H2,1H3,(H,21,24)/t13-/m1/s1. The van der Waals surface area contributed by atoms with Crippen LogP contribution in [-0.4, -0.2) is 23.4 Å². The molecule has 0 radical (unpaired) electrons. The summed E-state index contributed by atoms with van der Waals surface area (Å²) in [4.78, 5) is 25.1. The van der Waals surface area contributed by atoms with Gasteiger partial charge in [0.15, 0.2) is 0 Å². The zero-order valence-electron chi connectivity index (χ0n) is 14.4. The van der Waals surface area contributed by atoms with Gasteiger partial charge in [-0.15, -0.1) is 0 Å². The summed E-state index contributed by atoms with van der Waals surface area (Å²) in [5.74, 6) is -0.413. The molecule has 26 heavy (non-hydrogen) atoms. The molecular weight excluding hydrogens is 354 g/mol. The van der Waals surface area contributed by atoms with Gasteiger partial charge < -0.3 is 10.2 Å². The lowest BCUT2D eigenvalue weighted by atomic mass is 10.0. The molecule has 7 heteroatoms. The second kappa shape index (κ2) is 7.74. The Bertz CT molecular complexity index is 823. The van der Waals surface area contributed by atoms with E-state index in [0.717, 1.165) is 12.2 Å². The molecule has 6 nitrogen and oxygen atoms in total. The van der Waals surface area contributed by atoms with Gasteiger partial charge in [-0.2, -0.15) is 0 Å². The van der Waals surface area contributed by atoms with Crippen molar-refractivity contribution in [2.45, 2.75) is 32.2 Å². The first kappa shape index (κ1) is 18.2. The number of carbonyl (C=O) groups excluding carboxylic acids is 1. The first-order valence-electron chi connectivity index (χ1n) is 8.57. The summed E-state index contributed by atoms with van der Waals surface area (Å²) in [5.41, 5.74) is 1.68. The molecule has 1 fully saturated rings. The summed E-state index contributed by atoms with van der Waals surface area (Å²) in [7, 11) is 0. The first-order chi connectivity index (χ1) is 12.5. The van der Waals surface area contributed by atoms with E-state index in [-0.39, 0.29) is 16.3 Å². The number of nitrogens with zero attached hydrogens (tertiary/aromatic N) is 2. The van der Waals surface area contributed by atoms with Crippen molar-refractivity contribution in [3.05, 3.63) is 63.2 Å². The van der Waals surface area contributed by atoms with Gasteiger partial charge in [0.1, 0.15) is 5.02 Å². The van der Waals surface area contributed by atoms with Gasteiger partial charge in [0.05, 0.1) is 4.92 Å². The topological polar surface area (TPSA) is 75.5 Å². The van der Waals surface area contributed by atoms with Crippen molar-refractivity contribution >= 4 is 34.6 Å². The first-order valence-corrected chi connectivity index (χ1v) is 8.95. The number of benzene rings is 2. The fourth-order valence-electron chi connectivity index (χ4n) is 3.22. The van der Waals surface area contributed by atoms with Crippen molar-refractivity contribution in [1.82, 2.24) is 0 Å². The molecule has 136 valence electrons. The van der Waals surface area contributed by atoms with Crippen molar-refractivity contribution < 1.29 is 9.72 Å². The second-order valence-corrected chi connectivity index (χ2v) is 6.87. The van der Waals surface area contributed by atoms with Crippen LogP contribution in [0.15, 0.2) is 42.5 Å². The number of hydrogen-bond acceptors (Lipinski definition) is 4. The normalized spacial score (nSPS) is 17.0. The molecule has 2 aromatic rings. The fraction of sp³-hybridized carbons (Fsp3) is 0.316. The minimum atomic E-state index is -0.603. The second-order valence-electron chi connectivity index (χ2n) is 6.46. The van der Waals surface area contributed by atoms with Crippen LogP contribution in [0.3, 0.4) is 0 Å². The number of hydrogen-bond donors (Lipinski definition) is 1. The Kier molecular flexibility index (Phi) is 5.42. The van der Waals surface area contributed by atoms with E-state index in [1.165, 1.54) is 37.5 Å². The Morgan fingerprint density at radius 2 is 1.96 bits per heavy atom. The highest BCUT2D eigenvalue weighted by atomic mass is 35.5. The van der Waals surface area contributed by atoms with Crippen molar-refractivity contribution in [3.63, 3.8) is 0 Å². The Balaban J connectivity index is 1.72. The SMILES string of the molecule is C[C@@H]1CCCCN1c1ccc(NC(=O)c2ccc(Cl)c([N+](=O)[O-])c2)cc1. The molecule has 1 aliphatic rings. The number of carbonyl (C=O) groups is 1. The van der Waals surface area contributed by atoms with Gasteiger partial charge >= 0.3 is 0 Å². The average molecular weight is 374 g/mol. The highest BCUT2D eigenvalue weighted by Gasteiger charge is 2.19. The van der Waals surface area contributed by atoms with Gasteiger partial charge in [-0.05, 0) is 62.6 Å². The van der Waals surface area contributed by atoms with E-state index in [1.54, 1.807) is 0 Å². The average Bonchev–Trinajstić information content (AvgIpc) is 2.63. The van der Waals surface area contributed by atoms with Gasteiger partial charge in [-0.3, -0.25) is 14.9 Å². The third-order valence-electron chi connectivity index (χ3n) is 4.66. The van der Waals surface area contributed by atoms with E-state index in [0.29, 0.717) is 11.7 Å². The number of nitro benzene ring substituents is 1. The van der Waals surface area contributed by atoms with E-state index in [9.17, 15) is 14.9 Å². The molecular formula is C19H20ClN3O3. The molecule has 3 rings (SSSR count). The van der Waals surface area contributed by atoms with Crippen LogP contribution in [0, 0.1) is 10.1 Å². The molecule has 1 heterocycles. The van der Waals surface area contributed by atoms with E-state index in [2.05, 4.69) is 17.1 Å². The molecule has 0 aliphatic carbocycles. The van der Waals surface area contributed by atoms with Gasteiger partial charge in [0.2, 0.25) is 0 Å². The van der Waals surface area contributed by atoms with Gasteiger partial charge in [-0.25, -0.2) is 0 Å². The van der Waals surface area contributed by atoms with Gasteiger partial charge in [-0.1, -0.05) is 11.6 Å². The van der Waals surface area contributed by atoms with Crippen molar-refractivity contribution in [2.75, 3.05) is 16.8 Å². The Morgan fingerprint density at radius 1 is 1.23 bits per heavy atom. The monoisotopic (exact) mass is 373 g/mol. The highest BCUT2D eigenvalue weighted by molar-refractivity contribution is 6.32. The molecule has 0 spiro atoms. The van der Waals surface area contributed by atoms with Crippen LogP contribution in [0.5, 0.6) is 0 Å². The summed E-state index contributed by atoms with van der Waals surface area (Å²) in [5, 5.41) is 13.7. The summed E-state index contributed by atoms with van der Waals surface area (Å²) in [6, 6.07) is 12.2. The number of anilines is 2. The summed E-state index contributed by atoms with van der Waals surface area (Å²) in [6.45, 7) is 3.27. The lowest BCUT2D eigenvalue weighted by Gasteiger charge is -2.35. The number of amides is 1. The van der Waals surface area contributed by atoms with Gasteiger partial charge in [0, 0.05) is 35.6 Å². The van der Waals surface area contributed by atoms with Crippen LogP contribution in [0.2, 0.25) is 5.02 Å². The maximum Gasteiger partial charge on any atom is 0.288 e. The lowest BCUT2D eigenvalue weighted by molar-refractivity contribution is -0.384. The van der Waals surface area contributed by atoms with E-state index in [1.807, 2.05) is 24.3 Å². The highest BCUT2D eigenvalue weighted by Crippen LogP contribution is 2.27. The quantitative estimate of drug-likeness (QED) is 0.612. The lowest BCUT2D eigenvalue weighted by Crippen LogP contribution is -2.37. The summed E-state index contributed by atoms with van der Waals surface area (Å²) in [6.07, 6.45) is 3.64. The van der Waals surface area contributed by atoms with Crippen LogP contribution in [0.25, 0.3) is 0 Å². The number of nitro groups is 1. The van der Waals surface area contributed by atoms with E-state index >= 15 is 0 Å². The molecule has 0 bridgehead atoms. The van der Waals surface area contributed by atoms with Gasteiger partial charge in [0.25, 0.3) is 11.6 Å².